The third kappa shape index (κ3) is 9.35. The fraction of sp³-hybridized carbons (Fsp3) is 0.875. The fourth-order valence-electron chi connectivity index (χ4n) is 3.82. The first-order chi connectivity index (χ1) is 13.4. The Morgan fingerprint density at radius 3 is 2.55 bits per heavy atom. The number of carbonyl (C=O) groups excluding carboxylic acids is 1. The highest BCUT2D eigenvalue weighted by Crippen LogP contribution is 2.39. The molecule has 170 valence electrons. The zero-order valence-corrected chi connectivity index (χ0v) is 21.1. The molecule has 1 saturated carbocycles. The number of allylic oxidation sites excluding steroid dienone is 1. The van der Waals surface area contributed by atoms with Gasteiger partial charge in [0.15, 0.2) is 8.32 Å². The Morgan fingerprint density at radius 2 is 1.97 bits per heavy atom. The average Bonchev–Trinajstić information content (AvgIpc) is 2.58. The molecule has 0 radical (unpaired) electrons. The number of carbonyl (C=O) groups is 1. The van der Waals surface area contributed by atoms with Gasteiger partial charge in [0.25, 0.3) is 0 Å². The summed E-state index contributed by atoms with van der Waals surface area (Å²) in [5.41, 5.74) is -0.933. The first kappa shape index (κ1) is 26.4. The zero-order valence-electron chi connectivity index (χ0n) is 20.1. The van der Waals surface area contributed by atoms with E-state index in [1.807, 2.05) is 0 Å². The van der Waals surface area contributed by atoms with Crippen LogP contribution in [0.1, 0.15) is 92.4 Å². The summed E-state index contributed by atoms with van der Waals surface area (Å²) in [6, 6.07) is 0. The lowest BCUT2D eigenvalue weighted by Gasteiger charge is -2.39. The lowest BCUT2D eigenvalue weighted by atomic mass is 9.76. The van der Waals surface area contributed by atoms with Crippen LogP contribution in [0.15, 0.2) is 12.2 Å². The summed E-state index contributed by atoms with van der Waals surface area (Å²) in [7, 11) is -1.84. The maximum absolute atomic E-state index is 11.9. The molecule has 1 N–H and O–H groups in total. The van der Waals surface area contributed by atoms with E-state index < -0.39 is 13.9 Å². The van der Waals surface area contributed by atoms with Crippen LogP contribution in [-0.4, -0.2) is 37.7 Å². The number of ether oxygens (including phenoxy) is 1. The molecule has 0 aromatic heterocycles. The van der Waals surface area contributed by atoms with Crippen molar-refractivity contribution < 1.29 is 19.1 Å². The molecule has 1 rings (SSSR count). The highest BCUT2D eigenvalue weighted by Gasteiger charge is 2.39. The standard InChI is InChI=1S/C24H46O4Si/c1-8-10-11-14-21(28-29(6,7)23(3,4)5)16-15-20-13-12-17-24(26,18-20)19-22(25)27-9-2/h15-16,20-21,26H,8-14,17-19H2,1-7H3/b16-15+. The van der Waals surface area contributed by atoms with E-state index in [0.29, 0.717) is 25.4 Å². The quantitative estimate of drug-likeness (QED) is 0.180. The minimum Gasteiger partial charge on any atom is -0.466 e. The van der Waals surface area contributed by atoms with Crippen LogP contribution >= 0.6 is 0 Å². The Labute approximate surface area is 180 Å². The van der Waals surface area contributed by atoms with Crippen LogP contribution in [0.2, 0.25) is 18.1 Å². The van der Waals surface area contributed by atoms with E-state index in [2.05, 4.69) is 52.9 Å². The monoisotopic (exact) mass is 426 g/mol. The molecule has 0 aromatic rings. The van der Waals surface area contributed by atoms with E-state index in [4.69, 9.17) is 9.16 Å². The number of hydrogen-bond acceptors (Lipinski definition) is 4. The normalized spacial score (nSPS) is 24.6. The molecule has 1 aliphatic rings. The summed E-state index contributed by atoms with van der Waals surface area (Å²) in [4.78, 5) is 11.9. The molecule has 5 heteroatoms. The van der Waals surface area contributed by atoms with Gasteiger partial charge < -0.3 is 14.3 Å². The van der Waals surface area contributed by atoms with Gasteiger partial charge in [0.1, 0.15) is 0 Å². The summed E-state index contributed by atoms with van der Waals surface area (Å²) >= 11 is 0. The third-order valence-electron chi connectivity index (χ3n) is 6.58. The van der Waals surface area contributed by atoms with E-state index >= 15 is 0 Å². The maximum atomic E-state index is 11.9. The van der Waals surface area contributed by atoms with E-state index in [1.54, 1.807) is 6.92 Å². The van der Waals surface area contributed by atoms with E-state index in [9.17, 15) is 9.90 Å². The fourth-order valence-corrected chi connectivity index (χ4v) is 5.12. The largest absolute Gasteiger partial charge is 0.466 e. The first-order valence-electron chi connectivity index (χ1n) is 11.7. The molecular weight excluding hydrogens is 380 g/mol. The van der Waals surface area contributed by atoms with Crippen LogP contribution in [0.25, 0.3) is 0 Å². The molecular formula is C24H46O4Si. The molecule has 0 heterocycles. The van der Waals surface area contributed by atoms with Crippen LogP contribution in [0.3, 0.4) is 0 Å². The van der Waals surface area contributed by atoms with Crippen LogP contribution in [-0.2, 0) is 14.0 Å². The summed E-state index contributed by atoms with van der Waals surface area (Å²) in [6.45, 7) is 15.9. The van der Waals surface area contributed by atoms with Crippen molar-refractivity contribution in [2.75, 3.05) is 6.61 Å². The van der Waals surface area contributed by atoms with Crippen LogP contribution in [0.5, 0.6) is 0 Å². The van der Waals surface area contributed by atoms with Crippen LogP contribution in [0.4, 0.5) is 0 Å². The van der Waals surface area contributed by atoms with Crippen molar-refractivity contribution in [2.24, 2.45) is 5.92 Å². The van der Waals surface area contributed by atoms with Gasteiger partial charge in [0, 0.05) is 0 Å². The van der Waals surface area contributed by atoms with Gasteiger partial charge >= 0.3 is 5.97 Å². The second-order valence-corrected chi connectivity index (χ2v) is 15.1. The average molecular weight is 427 g/mol. The second-order valence-electron chi connectivity index (χ2n) is 10.4. The molecule has 3 atom stereocenters. The van der Waals surface area contributed by atoms with Crippen molar-refractivity contribution in [3.63, 3.8) is 0 Å². The van der Waals surface area contributed by atoms with Crippen molar-refractivity contribution in [3.8, 4) is 0 Å². The number of aliphatic hydroxyl groups is 1. The highest BCUT2D eigenvalue weighted by molar-refractivity contribution is 6.74. The Bertz CT molecular complexity index is 523. The van der Waals surface area contributed by atoms with Gasteiger partial charge in [0.2, 0.25) is 0 Å². The smallest absolute Gasteiger partial charge is 0.308 e. The van der Waals surface area contributed by atoms with Crippen LogP contribution < -0.4 is 0 Å². The number of unbranched alkanes of at least 4 members (excludes halogenated alkanes) is 2. The molecule has 1 aliphatic carbocycles. The number of hydrogen-bond donors (Lipinski definition) is 1. The highest BCUT2D eigenvalue weighted by atomic mass is 28.4. The molecule has 0 bridgehead atoms. The van der Waals surface area contributed by atoms with Gasteiger partial charge in [-0.25, -0.2) is 0 Å². The molecule has 0 aliphatic heterocycles. The lowest BCUT2D eigenvalue weighted by molar-refractivity contribution is -0.150. The van der Waals surface area contributed by atoms with Crippen molar-refractivity contribution in [3.05, 3.63) is 12.2 Å². The predicted octanol–water partition coefficient (Wildman–Crippen LogP) is 6.39. The van der Waals surface area contributed by atoms with E-state index in [1.165, 1.54) is 19.3 Å². The summed E-state index contributed by atoms with van der Waals surface area (Å²) < 4.78 is 11.8. The van der Waals surface area contributed by atoms with Gasteiger partial charge in [-0.05, 0) is 63.1 Å². The molecule has 3 unspecified atom stereocenters. The Hall–Kier alpha value is -0.653. The van der Waals surface area contributed by atoms with Gasteiger partial charge in [0.05, 0.1) is 24.7 Å². The molecule has 29 heavy (non-hydrogen) atoms. The number of rotatable bonds is 11. The molecule has 0 amide bonds. The summed E-state index contributed by atoms with van der Waals surface area (Å²) in [5.74, 6) is -0.00167. The lowest BCUT2D eigenvalue weighted by Crippen LogP contribution is -2.43. The molecule has 0 saturated heterocycles. The van der Waals surface area contributed by atoms with Gasteiger partial charge in [-0.1, -0.05) is 59.1 Å². The van der Waals surface area contributed by atoms with Crippen molar-refractivity contribution in [2.45, 2.75) is 122 Å². The Morgan fingerprint density at radius 1 is 1.28 bits per heavy atom. The molecule has 1 fully saturated rings. The van der Waals surface area contributed by atoms with E-state index in [-0.39, 0.29) is 23.5 Å². The number of esters is 1. The molecule has 0 spiro atoms. The Balaban J connectivity index is 2.79. The minimum atomic E-state index is -1.84. The summed E-state index contributed by atoms with van der Waals surface area (Å²) in [6.07, 6.45) is 12.7. The zero-order chi connectivity index (χ0) is 22.1. The van der Waals surface area contributed by atoms with E-state index in [0.717, 1.165) is 19.3 Å². The van der Waals surface area contributed by atoms with Crippen molar-refractivity contribution >= 4 is 14.3 Å². The van der Waals surface area contributed by atoms with Gasteiger partial charge in [-0.3, -0.25) is 4.79 Å². The van der Waals surface area contributed by atoms with Crippen molar-refractivity contribution in [1.82, 2.24) is 0 Å². The predicted molar refractivity (Wildman–Crippen MR) is 124 cm³/mol. The Kier molecular flexibility index (Phi) is 10.6. The third-order valence-corrected chi connectivity index (χ3v) is 11.1. The van der Waals surface area contributed by atoms with Crippen molar-refractivity contribution in [1.29, 1.82) is 0 Å². The van der Waals surface area contributed by atoms with Crippen LogP contribution in [0, 0.1) is 5.92 Å². The van der Waals surface area contributed by atoms with Gasteiger partial charge in [-0.2, -0.15) is 0 Å². The summed E-state index contributed by atoms with van der Waals surface area (Å²) in [5, 5.41) is 11.1. The topological polar surface area (TPSA) is 55.8 Å². The first-order valence-corrected chi connectivity index (χ1v) is 14.6. The second kappa shape index (κ2) is 11.7. The minimum absolute atomic E-state index is 0.103. The molecule has 0 aromatic carbocycles. The SMILES string of the molecule is CCCCCC(/C=C/C1CCCC(O)(CC(=O)OCC)C1)O[Si](C)(C)C(C)(C)C. The maximum Gasteiger partial charge on any atom is 0.308 e. The molecule has 4 nitrogen and oxygen atoms in total. The van der Waals surface area contributed by atoms with Gasteiger partial charge in [-0.15, -0.1) is 0 Å².